The summed E-state index contributed by atoms with van der Waals surface area (Å²) in [5, 5.41) is 11.4. The summed E-state index contributed by atoms with van der Waals surface area (Å²) in [5.74, 6) is -1.15. The third-order valence-corrected chi connectivity index (χ3v) is 4.15. The maximum Gasteiger partial charge on any atom is 0.304 e. The Morgan fingerprint density at radius 1 is 1.14 bits per heavy atom. The molecule has 112 valence electrons. The Morgan fingerprint density at radius 2 is 1.91 bits per heavy atom. The summed E-state index contributed by atoms with van der Waals surface area (Å²) in [6.45, 7) is 0. The lowest BCUT2D eigenvalue weighted by atomic mass is 9.88. The van der Waals surface area contributed by atoms with E-state index in [9.17, 15) is 9.90 Å². The molecule has 22 heavy (non-hydrogen) atoms. The van der Waals surface area contributed by atoms with Gasteiger partial charge in [-0.05, 0) is 41.5 Å². The summed E-state index contributed by atoms with van der Waals surface area (Å²) in [4.78, 5) is 14.5. The number of hydrogen-bond donors (Lipinski definition) is 2. The van der Waals surface area contributed by atoms with E-state index in [1.54, 1.807) is 18.2 Å². The molecule has 0 saturated heterocycles. The lowest BCUT2D eigenvalue weighted by Gasteiger charge is -2.15. The fourth-order valence-corrected chi connectivity index (χ4v) is 3.08. The van der Waals surface area contributed by atoms with Crippen LogP contribution < -0.4 is 0 Å². The van der Waals surface area contributed by atoms with Gasteiger partial charge in [-0.2, -0.15) is 0 Å². The second-order valence-electron chi connectivity index (χ2n) is 5.14. The zero-order valence-corrected chi connectivity index (χ0v) is 13.0. The van der Waals surface area contributed by atoms with Crippen LogP contribution in [0.15, 0.2) is 48.7 Å². The van der Waals surface area contributed by atoms with Gasteiger partial charge in [-0.15, -0.1) is 0 Å². The Kier molecular flexibility index (Phi) is 4.10. The number of aliphatic carboxylic acids is 1. The highest BCUT2D eigenvalue weighted by atomic mass is 35.5. The first kappa shape index (κ1) is 14.9. The van der Waals surface area contributed by atoms with Crippen LogP contribution >= 0.6 is 23.2 Å². The van der Waals surface area contributed by atoms with Crippen molar-refractivity contribution < 1.29 is 9.90 Å². The Hall–Kier alpha value is -1.97. The SMILES string of the molecule is O=C(O)C[C@H](c1cccc(Cl)c1)c1c[nH]c2ccc(Cl)cc12. The van der Waals surface area contributed by atoms with Crippen LogP contribution in [0.3, 0.4) is 0 Å². The van der Waals surface area contributed by atoms with Crippen LogP contribution in [0, 0.1) is 0 Å². The van der Waals surface area contributed by atoms with Crippen LogP contribution in [0.2, 0.25) is 10.0 Å². The molecule has 0 amide bonds. The predicted octanol–water partition coefficient (Wildman–Crippen LogP) is 5.08. The fraction of sp³-hybridized carbons (Fsp3) is 0.118. The topological polar surface area (TPSA) is 53.1 Å². The highest BCUT2D eigenvalue weighted by molar-refractivity contribution is 6.31. The quantitative estimate of drug-likeness (QED) is 0.699. The predicted molar refractivity (Wildman–Crippen MR) is 88.9 cm³/mol. The minimum Gasteiger partial charge on any atom is -0.481 e. The van der Waals surface area contributed by atoms with Crippen LogP contribution in [0.4, 0.5) is 0 Å². The fourth-order valence-electron chi connectivity index (χ4n) is 2.71. The molecule has 0 spiro atoms. The van der Waals surface area contributed by atoms with E-state index in [0.717, 1.165) is 22.0 Å². The van der Waals surface area contributed by atoms with E-state index < -0.39 is 5.97 Å². The number of halogens is 2. The lowest BCUT2D eigenvalue weighted by molar-refractivity contribution is -0.137. The summed E-state index contributed by atoms with van der Waals surface area (Å²) in [6.07, 6.45) is 1.83. The Balaban J connectivity index is 2.15. The molecule has 0 aliphatic carbocycles. The first-order valence-electron chi connectivity index (χ1n) is 6.78. The van der Waals surface area contributed by atoms with Gasteiger partial charge in [0.2, 0.25) is 0 Å². The molecule has 0 radical (unpaired) electrons. The van der Waals surface area contributed by atoms with Gasteiger partial charge in [0.15, 0.2) is 0 Å². The van der Waals surface area contributed by atoms with Crippen molar-refractivity contribution in [1.29, 1.82) is 0 Å². The average molecular weight is 334 g/mol. The zero-order valence-electron chi connectivity index (χ0n) is 11.5. The van der Waals surface area contributed by atoms with E-state index in [1.165, 1.54) is 0 Å². The van der Waals surface area contributed by atoms with Gasteiger partial charge >= 0.3 is 5.97 Å². The van der Waals surface area contributed by atoms with E-state index in [1.807, 2.05) is 30.5 Å². The van der Waals surface area contributed by atoms with Crippen molar-refractivity contribution >= 4 is 40.1 Å². The number of carboxylic acid groups (broad SMARTS) is 1. The van der Waals surface area contributed by atoms with Crippen molar-refractivity contribution in [3.05, 3.63) is 69.8 Å². The number of benzene rings is 2. The summed E-state index contributed by atoms with van der Waals surface area (Å²) in [5.41, 5.74) is 2.70. The molecule has 0 aliphatic rings. The summed E-state index contributed by atoms with van der Waals surface area (Å²) < 4.78 is 0. The lowest BCUT2D eigenvalue weighted by Crippen LogP contribution is -2.07. The van der Waals surface area contributed by atoms with Gasteiger partial charge in [-0.25, -0.2) is 0 Å². The number of fused-ring (bicyclic) bond motifs is 1. The standard InChI is InChI=1S/C17H13Cl2NO2/c18-11-3-1-2-10(6-11)13(8-17(21)22)15-9-20-16-5-4-12(19)7-14(15)16/h1-7,9,13,20H,8H2,(H,21,22)/t13-/m1/s1. The molecular weight excluding hydrogens is 321 g/mol. The van der Waals surface area contributed by atoms with E-state index in [4.69, 9.17) is 23.2 Å². The second kappa shape index (κ2) is 6.03. The van der Waals surface area contributed by atoms with Gasteiger partial charge in [-0.3, -0.25) is 4.79 Å². The Bertz CT molecular complexity index is 842. The monoisotopic (exact) mass is 333 g/mol. The van der Waals surface area contributed by atoms with Crippen LogP contribution in [-0.4, -0.2) is 16.1 Å². The number of aromatic nitrogens is 1. The summed E-state index contributed by atoms with van der Waals surface area (Å²) in [7, 11) is 0. The Morgan fingerprint density at radius 3 is 2.64 bits per heavy atom. The largest absolute Gasteiger partial charge is 0.481 e. The van der Waals surface area contributed by atoms with Crippen LogP contribution in [0.5, 0.6) is 0 Å². The Labute approximate surface area is 137 Å². The van der Waals surface area contributed by atoms with Gasteiger partial charge in [0, 0.05) is 33.1 Å². The van der Waals surface area contributed by atoms with E-state index in [-0.39, 0.29) is 12.3 Å². The number of H-pyrrole nitrogens is 1. The molecule has 0 unspecified atom stereocenters. The molecule has 5 heteroatoms. The minimum atomic E-state index is -0.860. The van der Waals surface area contributed by atoms with Gasteiger partial charge in [0.1, 0.15) is 0 Å². The molecule has 3 aromatic rings. The van der Waals surface area contributed by atoms with E-state index in [0.29, 0.717) is 10.0 Å². The molecule has 0 bridgehead atoms. The number of carbonyl (C=O) groups is 1. The molecule has 2 aromatic carbocycles. The maximum atomic E-state index is 11.3. The molecule has 0 fully saturated rings. The van der Waals surface area contributed by atoms with Crippen LogP contribution in [-0.2, 0) is 4.79 Å². The number of aromatic amines is 1. The highest BCUT2D eigenvalue weighted by Gasteiger charge is 2.21. The molecule has 3 rings (SSSR count). The highest BCUT2D eigenvalue weighted by Crippen LogP contribution is 2.35. The third kappa shape index (κ3) is 2.96. The van der Waals surface area contributed by atoms with E-state index in [2.05, 4.69) is 4.98 Å². The number of nitrogens with one attached hydrogen (secondary N) is 1. The third-order valence-electron chi connectivity index (χ3n) is 3.68. The smallest absolute Gasteiger partial charge is 0.304 e. The maximum absolute atomic E-state index is 11.3. The summed E-state index contributed by atoms with van der Waals surface area (Å²) in [6, 6.07) is 12.8. The average Bonchev–Trinajstić information content (AvgIpc) is 2.87. The molecule has 3 nitrogen and oxygen atoms in total. The van der Waals surface area contributed by atoms with Crippen molar-refractivity contribution in [1.82, 2.24) is 4.98 Å². The minimum absolute atomic E-state index is 0.0141. The second-order valence-corrected chi connectivity index (χ2v) is 6.01. The van der Waals surface area contributed by atoms with Crippen LogP contribution in [0.25, 0.3) is 10.9 Å². The zero-order chi connectivity index (χ0) is 15.7. The first-order chi connectivity index (χ1) is 10.5. The molecule has 0 saturated carbocycles. The van der Waals surface area contributed by atoms with Crippen molar-refractivity contribution in [2.24, 2.45) is 0 Å². The number of carboxylic acids is 1. The van der Waals surface area contributed by atoms with Crippen molar-refractivity contribution in [2.75, 3.05) is 0 Å². The van der Waals surface area contributed by atoms with Gasteiger partial charge < -0.3 is 10.1 Å². The summed E-state index contributed by atoms with van der Waals surface area (Å²) >= 11 is 12.1. The molecule has 1 heterocycles. The normalized spacial score (nSPS) is 12.5. The molecule has 0 aliphatic heterocycles. The molecule has 1 aromatic heterocycles. The van der Waals surface area contributed by atoms with Crippen molar-refractivity contribution in [3.8, 4) is 0 Å². The first-order valence-corrected chi connectivity index (χ1v) is 7.54. The number of rotatable bonds is 4. The van der Waals surface area contributed by atoms with Gasteiger partial charge in [-0.1, -0.05) is 35.3 Å². The molecular formula is C17H13Cl2NO2. The molecule has 1 atom stereocenters. The van der Waals surface area contributed by atoms with Gasteiger partial charge in [0.05, 0.1) is 6.42 Å². The van der Waals surface area contributed by atoms with Gasteiger partial charge in [0.25, 0.3) is 0 Å². The van der Waals surface area contributed by atoms with Crippen LogP contribution in [0.1, 0.15) is 23.5 Å². The van der Waals surface area contributed by atoms with Crippen molar-refractivity contribution in [2.45, 2.75) is 12.3 Å². The number of hydrogen-bond acceptors (Lipinski definition) is 1. The van der Waals surface area contributed by atoms with E-state index >= 15 is 0 Å². The van der Waals surface area contributed by atoms with Crippen molar-refractivity contribution in [3.63, 3.8) is 0 Å². The molecule has 2 N–H and O–H groups in total.